The molecule has 3 rings (SSSR count). The number of aromatic nitrogens is 2. The van der Waals surface area contributed by atoms with Crippen molar-refractivity contribution in [3.05, 3.63) is 47.9 Å². The van der Waals surface area contributed by atoms with E-state index in [1.807, 2.05) is 0 Å². The van der Waals surface area contributed by atoms with Gasteiger partial charge in [-0.15, -0.1) is 10.2 Å². The summed E-state index contributed by atoms with van der Waals surface area (Å²) in [7, 11) is 0. The molecule has 7 nitrogen and oxygen atoms in total. The third-order valence-electron chi connectivity index (χ3n) is 3.35. The van der Waals surface area contributed by atoms with Crippen LogP contribution in [0.25, 0.3) is 11.5 Å². The number of hydrogen-bond acceptors (Lipinski definition) is 7. The summed E-state index contributed by atoms with van der Waals surface area (Å²) in [5.74, 6) is 0.996. The Morgan fingerprint density at radius 2 is 1.92 bits per heavy atom. The van der Waals surface area contributed by atoms with Gasteiger partial charge in [0.05, 0.1) is 17.6 Å². The molecule has 0 saturated carbocycles. The fourth-order valence-corrected chi connectivity index (χ4v) is 2.79. The number of aryl methyl sites for hydroxylation is 1. The highest BCUT2D eigenvalue weighted by Gasteiger charge is 2.15. The summed E-state index contributed by atoms with van der Waals surface area (Å²) in [6, 6.07) is 8.46. The van der Waals surface area contributed by atoms with E-state index in [-0.39, 0.29) is 17.4 Å². The minimum atomic E-state index is -0.158. The predicted octanol–water partition coefficient (Wildman–Crippen LogP) is 3.57. The van der Waals surface area contributed by atoms with Crippen molar-refractivity contribution in [3.8, 4) is 11.5 Å². The molecule has 0 saturated heterocycles. The van der Waals surface area contributed by atoms with E-state index in [2.05, 4.69) is 15.5 Å². The Balaban J connectivity index is 1.60. The van der Waals surface area contributed by atoms with Crippen molar-refractivity contribution >= 4 is 29.1 Å². The zero-order chi connectivity index (χ0) is 17.8. The standard InChI is InChI=1S/C17H15N3O4S/c1-10-14(7-8-23-10)16-19-20-17(24-16)25-9-15(22)12-3-5-13(6-4-12)18-11(2)21/h3-8H,9H2,1-2H3,(H,18,21). The van der Waals surface area contributed by atoms with Gasteiger partial charge in [0, 0.05) is 18.2 Å². The third kappa shape index (κ3) is 4.16. The van der Waals surface area contributed by atoms with Gasteiger partial charge in [0.15, 0.2) is 5.78 Å². The van der Waals surface area contributed by atoms with Crippen molar-refractivity contribution in [2.75, 3.05) is 11.1 Å². The molecule has 0 fully saturated rings. The van der Waals surface area contributed by atoms with E-state index < -0.39 is 0 Å². The number of carbonyl (C=O) groups excluding carboxylic acids is 2. The monoisotopic (exact) mass is 357 g/mol. The largest absolute Gasteiger partial charge is 0.469 e. The average molecular weight is 357 g/mol. The second kappa shape index (κ2) is 7.35. The Hall–Kier alpha value is -2.87. The maximum Gasteiger partial charge on any atom is 0.277 e. The summed E-state index contributed by atoms with van der Waals surface area (Å²) in [6.07, 6.45) is 1.55. The fraction of sp³-hybridized carbons (Fsp3) is 0.176. The lowest BCUT2D eigenvalue weighted by Crippen LogP contribution is -2.07. The first-order chi connectivity index (χ1) is 12.0. The van der Waals surface area contributed by atoms with Gasteiger partial charge in [-0.2, -0.15) is 0 Å². The number of Topliss-reactive ketones (excluding diaryl/α,β-unsaturated/α-hetero) is 1. The fourth-order valence-electron chi connectivity index (χ4n) is 2.14. The molecule has 25 heavy (non-hydrogen) atoms. The maximum atomic E-state index is 12.2. The number of furan rings is 1. The Bertz CT molecular complexity index is 899. The normalized spacial score (nSPS) is 10.6. The summed E-state index contributed by atoms with van der Waals surface area (Å²) >= 11 is 1.17. The van der Waals surface area contributed by atoms with E-state index in [0.29, 0.717) is 28.1 Å². The number of thioether (sulfide) groups is 1. The highest BCUT2D eigenvalue weighted by Crippen LogP contribution is 2.26. The van der Waals surface area contributed by atoms with Crippen molar-refractivity contribution in [1.29, 1.82) is 0 Å². The van der Waals surface area contributed by atoms with Crippen LogP contribution in [0.3, 0.4) is 0 Å². The molecule has 2 heterocycles. The molecule has 0 atom stereocenters. The van der Waals surface area contributed by atoms with Crippen LogP contribution in [0.1, 0.15) is 23.0 Å². The smallest absolute Gasteiger partial charge is 0.277 e. The Morgan fingerprint density at radius 3 is 2.56 bits per heavy atom. The number of anilines is 1. The van der Waals surface area contributed by atoms with Crippen molar-refractivity contribution in [2.24, 2.45) is 0 Å². The molecule has 128 valence electrons. The first-order valence-corrected chi connectivity index (χ1v) is 8.43. The lowest BCUT2D eigenvalue weighted by atomic mass is 10.1. The van der Waals surface area contributed by atoms with E-state index in [9.17, 15) is 9.59 Å². The van der Waals surface area contributed by atoms with Crippen LogP contribution >= 0.6 is 11.8 Å². The van der Waals surface area contributed by atoms with Crippen molar-refractivity contribution < 1.29 is 18.4 Å². The van der Waals surface area contributed by atoms with Gasteiger partial charge in [-0.3, -0.25) is 9.59 Å². The molecular weight excluding hydrogens is 342 g/mol. The molecule has 0 unspecified atom stereocenters. The number of ketones is 1. The molecule has 0 aliphatic heterocycles. The minimum Gasteiger partial charge on any atom is -0.469 e. The summed E-state index contributed by atoms with van der Waals surface area (Å²) in [6.45, 7) is 3.24. The molecule has 0 aliphatic rings. The minimum absolute atomic E-state index is 0.0707. The van der Waals surface area contributed by atoms with Crippen LogP contribution < -0.4 is 5.32 Å². The topological polar surface area (TPSA) is 98.2 Å². The van der Waals surface area contributed by atoms with E-state index in [4.69, 9.17) is 8.83 Å². The number of hydrogen-bond donors (Lipinski definition) is 1. The maximum absolute atomic E-state index is 12.2. The summed E-state index contributed by atoms with van der Waals surface area (Å²) < 4.78 is 10.7. The first kappa shape index (κ1) is 17.0. The lowest BCUT2D eigenvalue weighted by Gasteiger charge is -2.03. The molecule has 0 radical (unpaired) electrons. The Morgan fingerprint density at radius 1 is 1.16 bits per heavy atom. The molecule has 3 aromatic rings. The Labute approximate surface area is 147 Å². The molecule has 1 amide bonds. The van der Waals surface area contributed by atoms with Gasteiger partial charge in [0.25, 0.3) is 11.1 Å². The van der Waals surface area contributed by atoms with Crippen LogP contribution in [-0.4, -0.2) is 27.6 Å². The quantitative estimate of drug-likeness (QED) is 0.532. The number of nitrogens with one attached hydrogen (secondary N) is 1. The highest BCUT2D eigenvalue weighted by atomic mass is 32.2. The van der Waals surface area contributed by atoms with Gasteiger partial charge >= 0.3 is 0 Å². The SMILES string of the molecule is CC(=O)Nc1ccc(C(=O)CSc2nnc(-c3ccoc3C)o2)cc1. The summed E-state index contributed by atoms with van der Waals surface area (Å²) in [5, 5.41) is 10.9. The van der Waals surface area contributed by atoms with Crippen molar-refractivity contribution in [2.45, 2.75) is 19.1 Å². The number of nitrogens with zero attached hydrogens (tertiary/aromatic N) is 2. The highest BCUT2D eigenvalue weighted by molar-refractivity contribution is 7.99. The van der Waals surface area contributed by atoms with E-state index in [0.717, 1.165) is 5.56 Å². The molecular formula is C17H15N3O4S. The molecule has 1 aromatic carbocycles. The molecule has 1 N–H and O–H groups in total. The van der Waals surface area contributed by atoms with Gasteiger partial charge in [0.2, 0.25) is 5.91 Å². The Kier molecular flexibility index (Phi) is 4.99. The molecule has 0 spiro atoms. The van der Waals surface area contributed by atoms with Crippen molar-refractivity contribution in [3.63, 3.8) is 0 Å². The van der Waals surface area contributed by atoms with Gasteiger partial charge in [0.1, 0.15) is 5.76 Å². The van der Waals surface area contributed by atoms with Crippen LogP contribution in [0.4, 0.5) is 5.69 Å². The van der Waals surface area contributed by atoms with E-state index >= 15 is 0 Å². The summed E-state index contributed by atoms with van der Waals surface area (Å²) in [5.41, 5.74) is 1.93. The van der Waals surface area contributed by atoms with E-state index in [1.165, 1.54) is 18.7 Å². The third-order valence-corrected chi connectivity index (χ3v) is 4.17. The molecule has 0 aliphatic carbocycles. The van der Waals surface area contributed by atoms with Gasteiger partial charge < -0.3 is 14.2 Å². The second-order valence-electron chi connectivity index (χ2n) is 5.23. The van der Waals surface area contributed by atoms with Crippen LogP contribution in [0.2, 0.25) is 0 Å². The van der Waals surface area contributed by atoms with Gasteiger partial charge in [-0.05, 0) is 37.3 Å². The molecule has 8 heteroatoms. The van der Waals surface area contributed by atoms with Crippen LogP contribution in [-0.2, 0) is 4.79 Å². The van der Waals surface area contributed by atoms with Crippen LogP contribution in [0.5, 0.6) is 0 Å². The van der Waals surface area contributed by atoms with Crippen LogP contribution in [0, 0.1) is 6.92 Å². The lowest BCUT2D eigenvalue weighted by molar-refractivity contribution is -0.114. The predicted molar refractivity (Wildman–Crippen MR) is 92.5 cm³/mol. The molecule has 0 bridgehead atoms. The number of rotatable bonds is 6. The molecule has 2 aromatic heterocycles. The average Bonchev–Trinajstić information content (AvgIpc) is 3.21. The van der Waals surface area contributed by atoms with Gasteiger partial charge in [-0.25, -0.2) is 0 Å². The first-order valence-electron chi connectivity index (χ1n) is 7.44. The number of amides is 1. The van der Waals surface area contributed by atoms with Crippen molar-refractivity contribution in [1.82, 2.24) is 10.2 Å². The zero-order valence-corrected chi connectivity index (χ0v) is 14.4. The second-order valence-corrected chi connectivity index (χ2v) is 6.16. The number of benzene rings is 1. The van der Waals surface area contributed by atoms with E-state index in [1.54, 1.807) is 43.5 Å². The van der Waals surface area contributed by atoms with Gasteiger partial charge in [-0.1, -0.05) is 11.8 Å². The summed E-state index contributed by atoms with van der Waals surface area (Å²) in [4.78, 5) is 23.2. The number of carbonyl (C=O) groups is 2. The zero-order valence-electron chi connectivity index (χ0n) is 13.6. The van der Waals surface area contributed by atoms with Crippen LogP contribution in [0.15, 0.2) is 50.7 Å².